The number of fused-ring (bicyclic) bond motifs is 2. The van der Waals surface area contributed by atoms with Crippen LogP contribution in [0.25, 0.3) is 21.8 Å². The summed E-state index contributed by atoms with van der Waals surface area (Å²) in [6.45, 7) is 0. The Kier molecular flexibility index (Phi) is 4.56. The number of rotatable bonds is 4. The van der Waals surface area contributed by atoms with Gasteiger partial charge in [-0.1, -0.05) is 42.5 Å². The third-order valence-electron chi connectivity index (χ3n) is 4.34. The third kappa shape index (κ3) is 3.21. The van der Waals surface area contributed by atoms with Crippen molar-refractivity contribution in [1.29, 1.82) is 5.26 Å². The van der Waals surface area contributed by atoms with Gasteiger partial charge in [-0.05, 0) is 35.0 Å². The van der Waals surface area contributed by atoms with E-state index in [0.717, 1.165) is 10.8 Å². The molecule has 0 saturated carbocycles. The number of carbonyl (C=O) groups excluding carboxylic acids is 1. The first-order chi connectivity index (χ1) is 13.7. The largest absolute Gasteiger partial charge is 0.468 e. The van der Waals surface area contributed by atoms with Gasteiger partial charge in [0.25, 0.3) is 0 Å². The topological polar surface area (TPSA) is 85.1 Å². The fourth-order valence-corrected chi connectivity index (χ4v) is 2.95. The van der Waals surface area contributed by atoms with Crippen LogP contribution in [0.4, 0.5) is 0 Å². The van der Waals surface area contributed by atoms with E-state index >= 15 is 0 Å². The maximum Gasteiger partial charge on any atom is 0.329 e. The first-order valence-corrected chi connectivity index (χ1v) is 8.60. The molecule has 1 aromatic heterocycles. The molecule has 3 aromatic carbocycles. The standard InChI is InChI=1S/C22H15N3O3/c1-27-22(26)17(13-23)20-21(25-19-9-5-4-8-18(19)24-20)28-16-11-10-14-6-2-3-7-15(14)12-16/h2-12,17H,1H3/t17-/m1/s1. The normalized spacial score (nSPS) is 11.7. The number of hydrogen-bond acceptors (Lipinski definition) is 6. The number of benzene rings is 3. The van der Waals surface area contributed by atoms with Gasteiger partial charge in [-0.2, -0.15) is 5.26 Å². The molecule has 0 spiro atoms. The number of aromatic nitrogens is 2. The summed E-state index contributed by atoms with van der Waals surface area (Å²) in [5.74, 6) is -1.31. The zero-order valence-corrected chi connectivity index (χ0v) is 15.0. The van der Waals surface area contributed by atoms with Gasteiger partial charge in [-0.3, -0.25) is 4.79 Å². The van der Waals surface area contributed by atoms with Gasteiger partial charge in [0.1, 0.15) is 11.4 Å². The highest BCUT2D eigenvalue weighted by molar-refractivity contribution is 5.85. The van der Waals surface area contributed by atoms with Crippen molar-refractivity contribution in [1.82, 2.24) is 9.97 Å². The van der Waals surface area contributed by atoms with Crippen molar-refractivity contribution in [3.05, 3.63) is 72.4 Å². The molecule has 0 N–H and O–H groups in total. The molecule has 28 heavy (non-hydrogen) atoms. The molecule has 6 nitrogen and oxygen atoms in total. The molecule has 0 radical (unpaired) electrons. The van der Waals surface area contributed by atoms with E-state index in [2.05, 4.69) is 9.97 Å². The van der Waals surface area contributed by atoms with E-state index in [1.807, 2.05) is 60.7 Å². The van der Waals surface area contributed by atoms with Crippen LogP contribution in [-0.4, -0.2) is 23.0 Å². The summed E-state index contributed by atoms with van der Waals surface area (Å²) in [5, 5.41) is 11.6. The highest BCUT2D eigenvalue weighted by Crippen LogP contribution is 2.31. The lowest BCUT2D eigenvalue weighted by atomic mass is 10.1. The van der Waals surface area contributed by atoms with Crippen molar-refractivity contribution in [2.24, 2.45) is 0 Å². The van der Waals surface area contributed by atoms with Crippen molar-refractivity contribution >= 4 is 27.8 Å². The predicted octanol–water partition coefficient (Wildman–Crippen LogP) is 4.36. The summed E-state index contributed by atoms with van der Waals surface area (Å²) in [5.41, 5.74) is 1.29. The zero-order valence-electron chi connectivity index (χ0n) is 15.0. The minimum Gasteiger partial charge on any atom is -0.468 e. The third-order valence-corrected chi connectivity index (χ3v) is 4.34. The summed E-state index contributed by atoms with van der Waals surface area (Å²) in [7, 11) is 1.23. The highest BCUT2D eigenvalue weighted by atomic mass is 16.5. The van der Waals surface area contributed by atoms with E-state index in [9.17, 15) is 10.1 Å². The highest BCUT2D eigenvalue weighted by Gasteiger charge is 2.28. The van der Waals surface area contributed by atoms with E-state index in [0.29, 0.717) is 16.8 Å². The molecule has 0 bridgehead atoms. The van der Waals surface area contributed by atoms with Crippen LogP contribution >= 0.6 is 0 Å². The minimum atomic E-state index is -1.24. The van der Waals surface area contributed by atoms with Crippen LogP contribution in [-0.2, 0) is 9.53 Å². The Bertz CT molecular complexity index is 1230. The summed E-state index contributed by atoms with van der Waals surface area (Å²) in [6.07, 6.45) is 0. The van der Waals surface area contributed by atoms with Gasteiger partial charge in [-0.15, -0.1) is 0 Å². The Morgan fingerprint density at radius 1 is 0.964 bits per heavy atom. The lowest BCUT2D eigenvalue weighted by Crippen LogP contribution is -2.15. The minimum absolute atomic E-state index is 0.103. The summed E-state index contributed by atoms with van der Waals surface area (Å²) in [6, 6.07) is 22.6. The number of hydrogen-bond donors (Lipinski definition) is 0. The number of nitriles is 1. The Hall–Kier alpha value is -3.98. The second kappa shape index (κ2) is 7.33. The van der Waals surface area contributed by atoms with Gasteiger partial charge in [0.2, 0.25) is 5.88 Å². The van der Waals surface area contributed by atoms with E-state index in [4.69, 9.17) is 9.47 Å². The second-order valence-electron chi connectivity index (χ2n) is 6.10. The van der Waals surface area contributed by atoms with Crippen LogP contribution in [0.3, 0.4) is 0 Å². The van der Waals surface area contributed by atoms with E-state index < -0.39 is 11.9 Å². The monoisotopic (exact) mass is 369 g/mol. The van der Waals surface area contributed by atoms with Crippen LogP contribution in [0.1, 0.15) is 11.6 Å². The predicted molar refractivity (Wildman–Crippen MR) is 104 cm³/mol. The lowest BCUT2D eigenvalue weighted by molar-refractivity contribution is -0.141. The van der Waals surface area contributed by atoms with Crippen molar-refractivity contribution < 1.29 is 14.3 Å². The Morgan fingerprint density at radius 3 is 2.36 bits per heavy atom. The SMILES string of the molecule is COC(=O)[C@H](C#N)c1nc2ccccc2nc1Oc1ccc2ccccc2c1. The van der Waals surface area contributed by atoms with Crippen LogP contribution in [0.5, 0.6) is 11.6 Å². The van der Waals surface area contributed by atoms with Gasteiger partial charge in [0.15, 0.2) is 5.92 Å². The van der Waals surface area contributed by atoms with E-state index in [1.54, 1.807) is 12.1 Å². The molecule has 0 fully saturated rings. The number of methoxy groups -OCH3 is 1. The van der Waals surface area contributed by atoms with Crippen molar-refractivity contribution in [2.45, 2.75) is 5.92 Å². The van der Waals surface area contributed by atoms with Gasteiger partial charge < -0.3 is 9.47 Å². The number of ether oxygens (including phenoxy) is 2. The molecule has 4 aromatic rings. The Balaban J connectivity index is 1.84. The van der Waals surface area contributed by atoms with Gasteiger partial charge in [0, 0.05) is 0 Å². The quantitative estimate of drug-likeness (QED) is 0.497. The molecular formula is C22H15N3O3. The average Bonchev–Trinajstić information content (AvgIpc) is 2.74. The maximum absolute atomic E-state index is 12.1. The number of para-hydroxylation sites is 2. The van der Waals surface area contributed by atoms with E-state index in [-0.39, 0.29) is 11.6 Å². The molecule has 0 unspecified atom stereocenters. The molecular weight excluding hydrogens is 354 g/mol. The van der Waals surface area contributed by atoms with E-state index in [1.165, 1.54) is 7.11 Å². The molecule has 4 rings (SSSR count). The molecule has 0 amide bonds. The van der Waals surface area contributed by atoms with Crippen molar-refractivity contribution in [3.63, 3.8) is 0 Å². The number of carbonyl (C=O) groups is 1. The van der Waals surface area contributed by atoms with Crippen LogP contribution in [0, 0.1) is 11.3 Å². The molecule has 6 heteroatoms. The average molecular weight is 369 g/mol. The van der Waals surface area contributed by atoms with Gasteiger partial charge in [0.05, 0.1) is 24.2 Å². The molecule has 0 aliphatic heterocycles. The Morgan fingerprint density at radius 2 is 1.64 bits per heavy atom. The van der Waals surface area contributed by atoms with Crippen LogP contribution < -0.4 is 4.74 Å². The molecule has 1 atom stereocenters. The van der Waals surface area contributed by atoms with Crippen molar-refractivity contribution in [3.8, 4) is 17.7 Å². The molecule has 0 saturated heterocycles. The molecule has 0 aliphatic carbocycles. The summed E-state index contributed by atoms with van der Waals surface area (Å²) >= 11 is 0. The fraction of sp³-hybridized carbons (Fsp3) is 0.0909. The first kappa shape index (κ1) is 17.4. The first-order valence-electron chi connectivity index (χ1n) is 8.60. The number of nitrogens with zero attached hydrogens (tertiary/aromatic N) is 3. The maximum atomic E-state index is 12.1. The molecule has 1 heterocycles. The van der Waals surface area contributed by atoms with Gasteiger partial charge in [-0.25, -0.2) is 9.97 Å². The fourth-order valence-electron chi connectivity index (χ4n) is 2.95. The molecule has 136 valence electrons. The lowest BCUT2D eigenvalue weighted by Gasteiger charge is -2.13. The zero-order chi connectivity index (χ0) is 19.5. The molecule has 0 aliphatic rings. The summed E-state index contributed by atoms with van der Waals surface area (Å²) < 4.78 is 10.7. The van der Waals surface area contributed by atoms with Gasteiger partial charge >= 0.3 is 5.97 Å². The van der Waals surface area contributed by atoms with Crippen LogP contribution in [0.15, 0.2) is 66.7 Å². The Labute approximate surface area is 161 Å². The van der Waals surface area contributed by atoms with Crippen molar-refractivity contribution in [2.75, 3.05) is 7.11 Å². The number of esters is 1. The second-order valence-corrected chi connectivity index (χ2v) is 6.10. The van der Waals surface area contributed by atoms with Crippen LogP contribution in [0.2, 0.25) is 0 Å². The smallest absolute Gasteiger partial charge is 0.329 e. The summed E-state index contributed by atoms with van der Waals surface area (Å²) in [4.78, 5) is 21.0.